The summed E-state index contributed by atoms with van der Waals surface area (Å²) in [5.41, 5.74) is -0.333. The molecule has 174 valence electrons. The monoisotopic (exact) mass is 529 g/mol. The van der Waals surface area contributed by atoms with Crippen molar-refractivity contribution in [2.75, 3.05) is 20.3 Å². The quantitative estimate of drug-likeness (QED) is 0.180. The summed E-state index contributed by atoms with van der Waals surface area (Å²) in [6.45, 7) is 0.445. The summed E-state index contributed by atoms with van der Waals surface area (Å²) >= 11 is 23.5. The maximum Gasteiger partial charge on any atom is 0.437 e. The smallest absolute Gasteiger partial charge is 0.437 e. The number of halogens is 7. The van der Waals surface area contributed by atoms with E-state index in [0.29, 0.717) is 30.9 Å². The van der Waals surface area contributed by atoms with Crippen LogP contribution < -0.4 is 9.47 Å². The summed E-state index contributed by atoms with van der Waals surface area (Å²) in [5, 5.41) is 3.62. The van der Waals surface area contributed by atoms with Crippen LogP contribution in [0.25, 0.3) is 0 Å². The van der Waals surface area contributed by atoms with Gasteiger partial charge < -0.3 is 14.3 Å². The lowest BCUT2D eigenvalue weighted by atomic mass is 10.0. The first-order valence-electron chi connectivity index (χ1n) is 9.15. The van der Waals surface area contributed by atoms with E-state index in [2.05, 4.69) is 9.99 Å². The van der Waals surface area contributed by atoms with Gasteiger partial charge in [-0.3, -0.25) is 0 Å². The molecule has 0 unspecified atom stereocenters. The topological polar surface area (TPSA) is 40.0 Å². The first kappa shape index (κ1) is 26.5. The minimum Gasteiger partial charge on any atom is -0.490 e. The van der Waals surface area contributed by atoms with Crippen molar-refractivity contribution in [3.63, 3.8) is 0 Å². The van der Waals surface area contributed by atoms with E-state index in [1.54, 1.807) is 24.3 Å². The van der Waals surface area contributed by atoms with Crippen molar-refractivity contribution in [3.05, 3.63) is 68.1 Å². The molecule has 0 bridgehead atoms. The van der Waals surface area contributed by atoms with Crippen LogP contribution in [0.3, 0.4) is 0 Å². The first-order valence-corrected chi connectivity index (χ1v) is 10.7. The van der Waals surface area contributed by atoms with Crippen LogP contribution in [0.2, 0.25) is 10.0 Å². The SMILES string of the molecule is CON=C(c1ccc(CCCOc2c(Cl)cc(OCC=C(Cl)Cl)cc2Cl)cc1)C(F)(F)F. The molecular weight excluding hydrogens is 513 g/mol. The van der Waals surface area contributed by atoms with E-state index in [1.807, 2.05) is 0 Å². The maximum atomic E-state index is 13.0. The van der Waals surface area contributed by atoms with Crippen molar-refractivity contribution in [2.24, 2.45) is 5.16 Å². The Morgan fingerprint density at radius 2 is 1.66 bits per heavy atom. The predicted octanol–water partition coefficient (Wildman–Crippen LogP) is 7.62. The Balaban J connectivity index is 1.91. The molecule has 0 amide bonds. The number of benzene rings is 2. The van der Waals surface area contributed by atoms with Crippen LogP contribution in [0.4, 0.5) is 13.2 Å². The van der Waals surface area contributed by atoms with E-state index in [-0.39, 0.29) is 26.7 Å². The highest BCUT2D eigenvalue weighted by Gasteiger charge is 2.37. The average Bonchev–Trinajstić information content (AvgIpc) is 2.70. The molecule has 0 heterocycles. The summed E-state index contributed by atoms with van der Waals surface area (Å²) in [6.07, 6.45) is -1.99. The summed E-state index contributed by atoms with van der Waals surface area (Å²) in [4.78, 5) is 4.30. The van der Waals surface area contributed by atoms with Crippen molar-refractivity contribution in [2.45, 2.75) is 19.0 Å². The third kappa shape index (κ3) is 8.28. The van der Waals surface area contributed by atoms with Gasteiger partial charge in [-0.1, -0.05) is 75.8 Å². The van der Waals surface area contributed by atoms with Crippen molar-refractivity contribution in [1.29, 1.82) is 0 Å². The van der Waals surface area contributed by atoms with Crippen LogP contribution in [-0.2, 0) is 11.3 Å². The standard InChI is InChI=1S/C21H18Cl4F3NO3/c1-30-29-20(21(26,27)28)14-6-4-13(5-7-14)3-2-9-32-19-16(22)11-15(12-17(19)23)31-10-8-18(24)25/h4-8,11-12H,2-3,9-10H2,1H3. The van der Waals surface area contributed by atoms with Crippen LogP contribution in [0, 0.1) is 0 Å². The van der Waals surface area contributed by atoms with E-state index >= 15 is 0 Å². The zero-order chi connectivity index (χ0) is 23.7. The highest BCUT2D eigenvalue weighted by molar-refractivity contribution is 6.55. The molecule has 0 saturated carbocycles. The predicted molar refractivity (Wildman–Crippen MR) is 122 cm³/mol. The summed E-state index contributed by atoms with van der Waals surface area (Å²) in [5.74, 6) is 0.737. The molecule has 0 spiro atoms. The van der Waals surface area contributed by atoms with Crippen LogP contribution in [0.5, 0.6) is 11.5 Å². The van der Waals surface area contributed by atoms with Gasteiger partial charge in [0.15, 0.2) is 11.5 Å². The summed E-state index contributed by atoms with van der Waals surface area (Å²) in [7, 11) is 1.06. The molecule has 0 aliphatic rings. The number of nitrogens with zero attached hydrogens (tertiary/aromatic N) is 1. The Kier molecular flexibility index (Phi) is 10.3. The lowest BCUT2D eigenvalue weighted by molar-refractivity contribution is -0.0608. The van der Waals surface area contributed by atoms with Gasteiger partial charge in [0.1, 0.15) is 24.0 Å². The molecular formula is C21H18Cl4F3NO3. The molecule has 2 aromatic carbocycles. The van der Waals surface area contributed by atoms with Crippen molar-refractivity contribution in [3.8, 4) is 11.5 Å². The molecule has 0 radical (unpaired) electrons. The minimum absolute atomic E-state index is 0.0796. The molecule has 0 fully saturated rings. The fourth-order valence-corrected chi connectivity index (χ4v) is 3.30. The summed E-state index contributed by atoms with van der Waals surface area (Å²) < 4.78 is 50.2. The van der Waals surface area contributed by atoms with Crippen molar-refractivity contribution in [1.82, 2.24) is 0 Å². The van der Waals surface area contributed by atoms with Gasteiger partial charge in [0.2, 0.25) is 0 Å². The third-order valence-corrected chi connectivity index (χ3v) is 4.86. The Labute approximate surface area is 203 Å². The molecule has 2 rings (SSSR count). The van der Waals surface area contributed by atoms with E-state index in [0.717, 1.165) is 12.7 Å². The van der Waals surface area contributed by atoms with Crippen LogP contribution >= 0.6 is 46.4 Å². The minimum atomic E-state index is -4.61. The number of hydrogen-bond acceptors (Lipinski definition) is 4. The molecule has 0 N–H and O–H groups in total. The maximum absolute atomic E-state index is 13.0. The molecule has 0 aromatic heterocycles. The molecule has 32 heavy (non-hydrogen) atoms. The fourth-order valence-electron chi connectivity index (χ4n) is 2.60. The molecule has 0 saturated heterocycles. The van der Waals surface area contributed by atoms with Gasteiger partial charge in [0.05, 0.1) is 16.7 Å². The van der Waals surface area contributed by atoms with Crippen LogP contribution in [0.1, 0.15) is 17.5 Å². The number of oxime groups is 1. The molecule has 2 aromatic rings. The Bertz CT molecular complexity index is 937. The zero-order valence-corrected chi connectivity index (χ0v) is 19.7. The average molecular weight is 531 g/mol. The van der Waals surface area contributed by atoms with E-state index in [9.17, 15) is 13.2 Å². The van der Waals surface area contributed by atoms with Crippen LogP contribution in [-0.4, -0.2) is 32.2 Å². The van der Waals surface area contributed by atoms with Gasteiger partial charge in [-0.25, -0.2) is 0 Å². The molecule has 0 aliphatic heterocycles. The van der Waals surface area contributed by atoms with Gasteiger partial charge in [-0.15, -0.1) is 0 Å². The van der Waals surface area contributed by atoms with Gasteiger partial charge >= 0.3 is 6.18 Å². The number of alkyl halides is 3. The van der Waals surface area contributed by atoms with Gasteiger partial charge in [0, 0.05) is 17.7 Å². The molecule has 11 heteroatoms. The second kappa shape index (κ2) is 12.4. The van der Waals surface area contributed by atoms with Gasteiger partial charge in [-0.05, 0) is 24.5 Å². The lowest BCUT2D eigenvalue weighted by Crippen LogP contribution is -2.24. The third-order valence-electron chi connectivity index (χ3n) is 3.99. The van der Waals surface area contributed by atoms with Crippen LogP contribution in [0.15, 0.2) is 52.1 Å². The Morgan fingerprint density at radius 3 is 2.19 bits per heavy atom. The van der Waals surface area contributed by atoms with E-state index in [4.69, 9.17) is 55.9 Å². The molecule has 0 aliphatic carbocycles. The summed E-state index contributed by atoms with van der Waals surface area (Å²) in [6, 6.07) is 9.00. The largest absolute Gasteiger partial charge is 0.490 e. The van der Waals surface area contributed by atoms with E-state index in [1.165, 1.54) is 18.2 Å². The highest BCUT2D eigenvalue weighted by Crippen LogP contribution is 2.37. The van der Waals surface area contributed by atoms with Crippen molar-refractivity contribution >= 4 is 52.1 Å². The number of hydrogen-bond donors (Lipinski definition) is 0. The fraction of sp³-hybridized carbons (Fsp3) is 0.286. The molecule has 4 nitrogen and oxygen atoms in total. The Morgan fingerprint density at radius 1 is 1.03 bits per heavy atom. The van der Waals surface area contributed by atoms with Gasteiger partial charge in [0.25, 0.3) is 0 Å². The normalized spacial score (nSPS) is 11.8. The number of aryl methyl sites for hydroxylation is 1. The van der Waals surface area contributed by atoms with Gasteiger partial charge in [-0.2, -0.15) is 13.2 Å². The van der Waals surface area contributed by atoms with E-state index < -0.39 is 11.9 Å². The first-order chi connectivity index (χ1) is 15.1. The second-order valence-electron chi connectivity index (χ2n) is 6.29. The second-order valence-corrected chi connectivity index (χ2v) is 8.11. The lowest BCUT2D eigenvalue weighted by Gasteiger charge is -2.12. The number of rotatable bonds is 10. The number of ether oxygens (including phenoxy) is 2. The van der Waals surface area contributed by atoms with Crippen molar-refractivity contribution < 1.29 is 27.5 Å². The highest BCUT2D eigenvalue weighted by atomic mass is 35.5. The molecule has 0 atom stereocenters. The zero-order valence-electron chi connectivity index (χ0n) is 16.7. The Hall–Kier alpha value is -1.80.